The van der Waals surface area contributed by atoms with Crippen LogP contribution in [-0.2, 0) is 28.2 Å². The number of unbranched alkanes of at least 4 members (excludes halogenated alkanes) is 15. The Morgan fingerprint density at radius 1 is 0.837 bits per heavy atom. The van der Waals surface area contributed by atoms with Gasteiger partial charge in [0.25, 0.3) is 0 Å². The lowest BCUT2D eigenvalue weighted by atomic mass is 9.89. The Kier molecular flexibility index (Phi) is 27.6. The van der Waals surface area contributed by atoms with Crippen molar-refractivity contribution in [2.75, 3.05) is 13.2 Å². The zero-order valence-corrected chi connectivity index (χ0v) is 34.4. The van der Waals surface area contributed by atoms with Crippen molar-refractivity contribution in [2.45, 2.75) is 213 Å². The number of carboxylic acid groups (broad SMARTS) is 1. The van der Waals surface area contributed by atoms with Gasteiger partial charge in [-0.2, -0.15) is 0 Å². The highest BCUT2D eigenvalue weighted by Gasteiger charge is 2.45. The number of allylic oxidation sites excluding steroid dienone is 1. The predicted octanol–water partition coefficient (Wildman–Crippen LogP) is 10.7. The molecule has 0 aromatic rings. The van der Waals surface area contributed by atoms with Crippen molar-refractivity contribution in [2.24, 2.45) is 11.7 Å². The number of hydrogen-bond acceptors (Lipinski definition) is 7. The van der Waals surface area contributed by atoms with Gasteiger partial charge in [-0.3, -0.25) is 9.59 Å². The molecule has 0 amide bonds. The summed E-state index contributed by atoms with van der Waals surface area (Å²) in [5, 5.41) is 8.57. The molecule has 8 nitrogen and oxygen atoms in total. The van der Waals surface area contributed by atoms with Gasteiger partial charge in [0.15, 0.2) is 8.32 Å². The Morgan fingerprint density at radius 2 is 1.33 bits per heavy atom. The Morgan fingerprint density at radius 3 is 1.80 bits per heavy atom. The fraction of sp³-hybridized carbons (Fsp3) is 0.900. The molecule has 0 aromatic heterocycles. The van der Waals surface area contributed by atoms with Gasteiger partial charge >= 0.3 is 5.97 Å². The third kappa shape index (κ3) is 23.0. The van der Waals surface area contributed by atoms with Crippen molar-refractivity contribution in [3.05, 3.63) is 12.3 Å². The number of nitrogens with two attached hydrogens (primary N) is 1. The van der Waals surface area contributed by atoms with E-state index in [1.54, 1.807) is 6.26 Å². The smallest absolute Gasteiger partial charge is 0.310 e. The van der Waals surface area contributed by atoms with Gasteiger partial charge < -0.3 is 29.5 Å². The molecule has 9 heteroatoms. The molecule has 49 heavy (non-hydrogen) atoms. The molecule has 0 bridgehead atoms. The number of carboxylic acids is 1. The monoisotopic (exact) mass is 714 g/mol. The molecular weight excluding hydrogens is 635 g/mol. The largest absolute Gasteiger partial charge is 0.481 e. The van der Waals surface area contributed by atoms with Gasteiger partial charge in [-0.05, 0) is 37.9 Å². The number of rotatable bonds is 27. The zero-order chi connectivity index (χ0) is 37.1. The van der Waals surface area contributed by atoms with Crippen LogP contribution in [0.1, 0.15) is 170 Å². The number of carbonyl (C=O) groups is 2. The van der Waals surface area contributed by atoms with Crippen LogP contribution in [0.4, 0.5) is 0 Å². The van der Waals surface area contributed by atoms with Crippen LogP contribution in [0, 0.1) is 5.92 Å². The minimum atomic E-state index is -1.86. The van der Waals surface area contributed by atoms with Gasteiger partial charge in [-0.15, -0.1) is 0 Å². The van der Waals surface area contributed by atoms with Crippen LogP contribution in [0.2, 0.25) is 18.1 Å². The van der Waals surface area contributed by atoms with E-state index >= 15 is 0 Å². The highest BCUT2D eigenvalue weighted by atomic mass is 28.4. The predicted molar refractivity (Wildman–Crippen MR) is 206 cm³/mol. The van der Waals surface area contributed by atoms with E-state index in [1.165, 1.54) is 89.9 Å². The topological polar surface area (TPSA) is 117 Å². The average molecular weight is 714 g/mol. The maximum atomic E-state index is 11.1. The first-order valence-corrected chi connectivity index (χ1v) is 22.8. The van der Waals surface area contributed by atoms with E-state index in [-0.39, 0.29) is 41.4 Å². The molecule has 290 valence electrons. The average Bonchev–Trinajstić information content (AvgIpc) is 3.03. The SMILES string of the molecule is C/C=C\O[C@H]1O[C@H](CO[Si](C)(C)C(C)(C)C)[C@@H](C)[C@H](OCCCCCCCCCC)[C@H]1N.CCCCCCCCCCCC(=O)CC(=O)O. The summed E-state index contributed by atoms with van der Waals surface area (Å²) in [4.78, 5) is 21.3. The number of hydrogen-bond donors (Lipinski definition) is 2. The van der Waals surface area contributed by atoms with E-state index in [2.05, 4.69) is 54.6 Å². The summed E-state index contributed by atoms with van der Waals surface area (Å²) < 4.78 is 24.9. The summed E-state index contributed by atoms with van der Waals surface area (Å²) in [5.41, 5.74) is 6.54. The van der Waals surface area contributed by atoms with Crippen LogP contribution in [0.25, 0.3) is 0 Å². The molecule has 1 rings (SSSR count). The van der Waals surface area contributed by atoms with Crippen molar-refractivity contribution in [1.82, 2.24) is 0 Å². The van der Waals surface area contributed by atoms with E-state index in [0.717, 1.165) is 25.9 Å². The molecule has 1 fully saturated rings. The summed E-state index contributed by atoms with van der Waals surface area (Å²) in [7, 11) is -1.86. The molecule has 1 saturated heterocycles. The van der Waals surface area contributed by atoms with Gasteiger partial charge in [0.1, 0.15) is 12.2 Å². The van der Waals surface area contributed by atoms with Crippen molar-refractivity contribution in [1.29, 1.82) is 0 Å². The van der Waals surface area contributed by atoms with Gasteiger partial charge in [0, 0.05) is 18.9 Å². The molecule has 0 aromatic carbocycles. The molecule has 0 saturated carbocycles. The van der Waals surface area contributed by atoms with Gasteiger partial charge in [-0.25, -0.2) is 0 Å². The van der Waals surface area contributed by atoms with E-state index in [1.807, 2.05) is 13.0 Å². The first-order chi connectivity index (χ1) is 23.2. The second-order valence-corrected chi connectivity index (χ2v) is 20.5. The van der Waals surface area contributed by atoms with Crippen molar-refractivity contribution >= 4 is 20.1 Å². The van der Waals surface area contributed by atoms with Crippen LogP contribution >= 0.6 is 0 Å². The first kappa shape index (κ1) is 47.7. The van der Waals surface area contributed by atoms with Crippen molar-refractivity contribution in [3.63, 3.8) is 0 Å². The molecule has 0 aliphatic carbocycles. The number of aliphatic carboxylic acids is 1. The van der Waals surface area contributed by atoms with Crippen LogP contribution in [-0.4, -0.2) is 62.9 Å². The van der Waals surface area contributed by atoms with Gasteiger partial charge in [0.05, 0.1) is 31.1 Å². The number of carbonyl (C=O) groups excluding carboxylic acids is 1. The maximum absolute atomic E-state index is 11.1. The summed E-state index contributed by atoms with van der Waals surface area (Å²) in [6, 6.07) is -0.320. The molecule has 0 unspecified atom stereocenters. The summed E-state index contributed by atoms with van der Waals surface area (Å²) >= 11 is 0. The standard InChI is InChI=1S/C26H53NO4Si.C14H26O3/c1-9-11-12-13-14-15-16-17-19-28-24-21(3)22(20-30-32(7,8)26(4,5)6)31-25(23(24)27)29-18-10-2;1-2-3-4-5-6-7-8-9-10-11-13(15)12-14(16)17/h10,18,21-25H,9,11-17,19-20,27H2,1-8H3;2-12H2,1H3,(H,16,17)/b18-10-;/t21-,22-,23-,24+,25+;/m1./s1. The number of ketones is 1. The Balaban J connectivity index is 0.00000114. The third-order valence-electron chi connectivity index (χ3n) is 10.1. The van der Waals surface area contributed by atoms with Gasteiger partial charge in [0.2, 0.25) is 6.29 Å². The molecular formula is C40H79NO7Si. The molecule has 1 heterocycles. The molecule has 0 spiro atoms. The number of Topliss-reactive ketones (excluding diaryl/α,β-unsaturated/α-hetero) is 1. The maximum Gasteiger partial charge on any atom is 0.310 e. The molecule has 3 N–H and O–H groups in total. The second kappa shape index (κ2) is 28.3. The summed E-state index contributed by atoms with van der Waals surface area (Å²) in [6.07, 6.45) is 24.1. The fourth-order valence-corrected chi connectivity index (χ4v) is 6.70. The number of ether oxygens (including phenoxy) is 3. The Labute approximate surface area is 303 Å². The fourth-order valence-electron chi connectivity index (χ4n) is 5.69. The van der Waals surface area contributed by atoms with E-state index in [4.69, 9.17) is 29.5 Å². The lowest BCUT2D eigenvalue weighted by Crippen LogP contribution is -2.60. The third-order valence-corrected chi connectivity index (χ3v) is 14.6. The first-order valence-electron chi connectivity index (χ1n) is 19.9. The van der Waals surface area contributed by atoms with Gasteiger partial charge in [-0.1, -0.05) is 144 Å². The van der Waals surface area contributed by atoms with E-state index < -0.39 is 20.6 Å². The Hall–Kier alpha value is -1.26. The molecule has 1 aliphatic heterocycles. The zero-order valence-electron chi connectivity index (χ0n) is 33.4. The lowest BCUT2D eigenvalue weighted by Gasteiger charge is -2.45. The minimum absolute atomic E-state index is 0.0947. The summed E-state index contributed by atoms with van der Waals surface area (Å²) in [6.45, 7) is 21.2. The lowest BCUT2D eigenvalue weighted by molar-refractivity contribution is -0.239. The highest BCUT2D eigenvalue weighted by molar-refractivity contribution is 6.74. The van der Waals surface area contributed by atoms with Crippen molar-refractivity contribution in [3.8, 4) is 0 Å². The van der Waals surface area contributed by atoms with E-state index in [0.29, 0.717) is 13.0 Å². The Bertz CT molecular complexity index is 860. The molecule has 5 atom stereocenters. The normalized spacial score (nSPS) is 21.4. The summed E-state index contributed by atoms with van der Waals surface area (Å²) in [5.74, 6) is -0.999. The molecule has 1 aliphatic rings. The molecule has 0 radical (unpaired) electrons. The minimum Gasteiger partial charge on any atom is -0.481 e. The highest BCUT2D eigenvalue weighted by Crippen LogP contribution is 2.38. The van der Waals surface area contributed by atoms with Crippen LogP contribution in [0.3, 0.4) is 0 Å². The van der Waals surface area contributed by atoms with Crippen LogP contribution in [0.15, 0.2) is 12.3 Å². The quantitative estimate of drug-likeness (QED) is 0.0374. The van der Waals surface area contributed by atoms with E-state index in [9.17, 15) is 9.59 Å². The van der Waals surface area contributed by atoms with Crippen molar-refractivity contribution < 1.29 is 33.3 Å². The second-order valence-electron chi connectivity index (χ2n) is 15.7. The van der Waals surface area contributed by atoms with Crippen LogP contribution in [0.5, 0.6) is 0 Å². The van der Waals surface area contributed by atoms with Crippen LogP contribution < -0.4 is 5.73 Å².